The Kier molecular flexibility index (Phi) is 5.62. The number of aliphatic hydroxyl groups excluding tert-OH is 1. The number of hydrogen-bond donors (Lipinski definition) is 1. The fourth-order valence-corrected chi connectivity index (χ4v) is 4.49. The van der Waals surface area contributed by atoms with E-state index in [2.05, 4.69) is 0 Å². The van der Waals surface area contributed by atoms with E-state index < -0.39 is 10.0 Å². The van der Waals surface area contributed by atoms with Gasteiger partial charge in [0.1, 0.15) is 0 Å². The van der Waals surface area contributed by atoms with Gasteiger partial charge in [-0.15, -0.1) is 0 Å². The van der Waals surface area contributed by atoms with Crippen molar-refractivity contribution in [3.05, 3.63) is 29.6 Å². The number of nitrogens with zero attached hydrogens (tertiary/aromatic N) is 2. The Morgan fingerprint density at radius 1 is 1.24 bits per heavy atom. The normalized spacial score (nSPS) is 20.7. The molecule has 0 saturated carbocycles. The summed E-state index contributed by atoms with van der Waals surface area (Å²) in [7, 11) is -3.11. The second-order valence-electron chi connectivity index (χ2n) is 6.57. The molecule has 1 aromatic carbocycles. The van der Waals surface area contributed by atoms with Gasteiger partial charge in [-0.25, -0.2) is 17.1 Å². The van der Waals surface area contributed by atoms with Crippen LogP contribution in [0, 0.1) is 5.82 Å². The Hall–Kier alpha value is -1.22. The van der Waals surface area contributed by atoms with Gasteiger partial charge in [-0.2, -0.15) is 0 Å². The Morgan fingerprint density at radius 3 is 2.52 bits per heavy atom. The first-order valence-corrected chi connectivity index (χ1v) is 10.3. The molecule has 2 aliphatic rings. The number of sulfonamides is 1. The lowest BCUT2D eigenvalue weighted by Gasteiger charge is -2.43. The number of piperidine rings is 1. The van der Waals surface area contributed by atoms with Gasteiger partial charge in [-0.3, -0.25) is 0 Å². The first-order valence-electron chi connectivity index (χ1n) is 8.71. The zero-order valence-corrected chi connectivity index (χ0v) is 15.2. The van der Waals surface area contributed by atoms with E-state index in [-0.39, 0.29) is 30.4 Å². The summed E-state index contributed by atoms with van der Waals surface area (Å²) < 4.78 is 45.5. The molecule has 1 N–H and O–H groups in total. The summed E-state index contributed by atoms with van der Waals surface area (Å²) in [5.74, 6) is -0.240. The van der Waals surface area contributed by atoms with Crippen LogP contribution in [0.4, 0.5) is 10.1 Å². The molecule has 2 fully saturated rings. The fourth-order valence-electron chi connectivity index (χ4n) is 3.35. The summed E-state index contributed by atoms with van der Waals surface area (Å²) in [6, 6.07) is 5.02. The molecule has 6 nitrogen and oxygen atoms in total. The summed E-state index contributed by atoms with van der Waals surface area (Å²) in [6.45, 7) is 3.58. The quantitative estimate of drug-likeness (QED) is 0.816. The zero-order chi connectivity index (χ0) is 18.0. The Labute approximate surface area is 148 Å². The molecule has 0 aromatic heterocycles. The van der Waals surface area contributed by atoms with Gasteiger partial charge in [0.25, 0.3) is 0 Å². The number of anilines is 1. The first-order chi connectivity index (χ1) is 11.9. The van der Waals surface area contributed by atoms with Crippen LogP contribution >= 0.6 is 0 Å². The average molecular weight is 372 g/mol. The molecule has 25 heavy (non-hydrogen) atoms. The van der Waals surface area contributed by atoms with Crippen LogP contribution in [0.15, 0.2) is 18.2 Å². The van der Waals surface area contributed by atoms with Crippen LogP contribution in [0.25, 0.3) is 0 Å². The van der Waals surface area contributed by atoms with Crippen molar-refractivity contribution in [1.29, 1.82) is 0 Å². The van der Waals surface area contributed by atoms with Gasteiger partial charge in [-0.05, 0) is 25.8 Å². The molecular weight excluding hydrogens is 347 g/mol. The van der Waals surface area contributed by atoms with Gasteiger partial charge < -0.3 is 14.7 Å². The monoisotopic (exact) mass is 372 g/mol. The molecule has 0 atom stereocenters. The number of aliphatic hydroxyl groups is 1. The molecule has 2 aliphatic heterocycles. The van der Waals surface area contributed by atoms with E-state index in [4.69, 9.17) is 9.84 Å². The molecule has 8 heteroatoms. The number of ether oxygens (including phenoxy) is 1. The minimum Gasteiger partial charge on any atom is -0.392 e. The van der Waals surface area contributed by atoms with Gasteiger partial charge in [-0.1, -0.05) is 12.1 Å². The molecular formula is C17H25FN2O4S. The maximum absolute atomic E-state index is 14.2. The molecule has 0 radical (unpaired) electrons. The van der Waals surface area contributed by atoms with E-state index in [1.54, 1.807) is 25.1 Å². The minimum atomic E-state index is -3.11. The Bertz CT molecular complexity index is 699. The Morgan fingerprint density at radius 2 is 1.92 bits per heavy atom. The lowest BCUT2D eigenvalue weighted by Crippen LogP contribution is -2.55. The predicted octanol–water partition coefficient (Wildman–Crippen LogP) is 1.34. The molecule has 0 unspecified atom stereocenters. The average Bonchev–Trinajstić information content (AvgIpc) is 2.59. The minimum absolute atomic E-state index is 0.0384. The van der Waals surface area contributed by atoms with Crippen LogP contribution < -0.4 is 4.90 Å². The second kappa shape index (κ2) is 7.57. The van der Waals surface area contributed by atoms with Crippen molar-refractivity contribution in [3.63, 3.8) is 0 Å². The lowest BCUT2D eigenvalue weighted by molar-refractivity contribution is -0.0453. The van der Waals surface area contributed by atoms with E-state index in [9.17, 15) is 12.8 Å². The molecule has 0 spiro atoms. The van der Waals surface area contributed by atoms with Gasteiger partial charge in [0, 0.05) is 31.7 Å². The van der Waals surface area contributed by atoms with Crippen molar-refractivity contribution in [3.8, 4) is 0 Å². The van der Waals surface area contributed by atoms with E-state index in [0.717, 1.165) is 0 Å². The molecule has 2 heterocycles. The van der Waals surface area contributed by atoms with E-state index in [1.807, 2.05) is 4.90 Å². The van der Waals surface area contributed by atoms with Crippen LogP contribution in [0.5, 0.6) is 0 Å². The highest BCUT2D eigenvalue weighted by atomic mass is 32.2. The molecule has 0 aliphatic carbocycles. The predicted molar refractivity (Wildman–Crippen MR) is 93.5 cm³/mol. The zero-order valence-electron chi connectivity index (χ0n) is 14.4. The first kappa shape index (κ1) is 18.6. The van der Waals surface area contributed by atoms with Gasteiger partial charge in [0.2, 0.25) is 10.0 Å². The van der Waals surface area contributed by atoms with E-state index in [0.29, 0.717) is 50.3 Å². The fraction of sp³-hybridized carbons (Fsp3) is 0.647. The van der Waals surface area contributed by atoms with Crippen LogP contribution in [-0.2, 0) is 21.4 Å². The third kappa shape index (κ3) is 3.97. The summed E-state index contributed by atoms with van der Waals surface area (Å²) in [4.78, 5) is 1.90. The molecule has 3 rings (SSSR count). The summed E-state index contributed by atoms with van der Waals surface area (Å²) in [5, 5.41) is 9.15. The smallest absolute Gasteiger partial charge is 0.213 e. The van der Waals surface area contributed by atoms with Crippen molar-refractivity contribution in [2.75, 3.05) is 36.8 Å². The molecule has 2 saturated heterocycles. The highest BCUT2D eigenvalue weighted by Gasteiger charge is 2.34. The number of halogens is 1. The lowest BCUT2D eigenvalue weighted by atomic mass is 10.1. The Balaban J connectivity index is 1.47. The van der Waals surface area contributed by atoms with Crippen LogP contribution in [0.2, 0.25) is 0 Å². The maximum atomic E-state index is 14.2. The van der Waals surface area contributed by atoms with Gasteiger partial charge >= 0.3 is 0 Å². The number of hydrogen-bond acceptors (Lipinski definition) is 5. The van der Waals surface area contributed by atoms with Gasteiger partial charge in [0.05, 0.1) is 30.3 Å². The largest absolute Gasteiger partial charge is 0.392 e. The maximum Gasteiger partial charge on any atom is 0.213 e. The summed E-state index contributed by atoms with van der Waals surface area (Å²) >= 11 is 0. The summed E-state index contributed by atoms with van der Waals surface area (Å²) in [5.41, 5.74) is 0.793. The van der Waals surface area contributed by atoms with Crippen LogP contribution in [-0.4, -0.2) is 62.0 Å². The van der Waals surface area contributed by atoms with Crippen LogP contribution in [0.3, 0.4) is 0 Å². The molecule has 140 valence electrons. The topological polar surface area (TPSA) is 70.1 Å². The van der Waals surface area contributed by atoms with Crippen LogP contribution in [0.1, 0.15) is 25.3 Å². The van der Waals surface area contributed by atoms with Crippen molar-refractivity contribution < 1.29 is 22.7 Å². The molecule has 0 amide bonds. The SMILES string of the molecule is CCS(=O)(=O)N1CCC(OC2CN(c3cccc(CO)c3F)C2)CC1. The van der Waals surface area contributed by atoms with Crippen molar-refractivity contribution in [2.24, 2.45) is 0 Å². The highest BCUT2D eigenvalue weighted by Crippen LogP contribution is 2.29. The summed E-state index contributed by atoms with van der Waals surface area (Å²) in [6.07, 6.45) is 1.49. The van der Waals surface area contributed by atoms with Gasteiger partial charge in [0.15, 0.2) is 5.82 Å². The van der Waals surface area contributed by atoms with E-state index >= 15 is 0 Å². The van der Waals surface area contributed by atoms with Crippen molar-refractivity contribution in [2.45, 2.75) is 38.6 Å². The number of benzene rings is 1. The van der Waals surface area contributed by atoms with E-state index in [1.165, 1.54) is 4.31 Å². The standard InChI is InChI=1S/C17H25FN2O4S/c1-2-25(22,23)20-8-6-14(7-9-20)24-15-10-19(11-15)16-5-3-4-13(12-21)17(16)18/h3-5,14-15,21H,2,6-12H2,1H3. The second-order valence-corrected chi connectivity index (χ2v) is 8.83. The molecule has 1 aromatic rings. The van der Waals surface area contributed by atoms with Crippen molar-refractivity contribution in [1.82, 2.24) is 4.31 Å². The number of rotatable bonds is 6. The third-order valence-electron chi connectivity index (χ3n) is 4.96. The highest BCUT2D eigenvalue weighted by molar-refractivity contribution is 7.89. The van der Waals surface area contributed by atoms with Crippen molar-refractivity contribution >= 4 is 15.7 Å². The molecule has 0 bridgehead atoms. The third-order valence-corrected chi connectivity index (χ3v) is 6.84.